The Balaban J connectivity index is 2.64. The van der Waals surface area contributed by atoms with Crippen LogP contribution in [0.15, 0.2) is 12.3 Å². The molecule has 0 fully saturated rings. The summed E-state index contributed by atoms with van der Waals surface area (Å²) < 4.78 is 5.11. The summed E-state index contributed by atoms with van der Waals surface area (Å²) in [6.45, 7) is 1.87. The fourth-order valence-electron chi connectivity index (χ4n) is 1.20. The first kappa shape index (κ1) is 8.56. The molecule has 0 aromatic rings. The van der Waals surface area contributed by atoms with Gasteiger partial charge in [0.05, 0.1) is 12.3 Å². The molecular formula is C8H15NO2. The molecule has 1 N–H and O–H groups in total. The van der Waals surface area contributed by atoms with Crippen LogP contribution in [-0.2, 0) is 4.74 Å². The second kappa shape index (κ2) is 3.24. The maximum absolute atomic E-state index is 9.59. The van der Waals surface area contributed by atoms with Gasteiger partial charge >= 0.3 is 0 Å². The number of nitrogens with zero attached hydrogens (tertiary/aromatic N) is 1. The molecule has 0 saturated heterocycles. The van der Waals surface area contributed by atoms with E-state index in [0.717, 1.165) is 0 Å². The van der Waals surface area contributed by atoms with Crippen molar-refractivity contribution in [2.45, 2.75) is 25.2 Å². The molecule has 1 rings (SSSR count). The minimum absolute atomic E-state index is 0.0822. The van der Waals surface area contributed by atoms with Gasteiger partial charge in [-0.25, -0.2) is 0 Å². The van der Waals surface area contributed by atoms with Crippen LogP contribution in [0.25, 0.3) is 0 Å². The Morgan fingerprint density at radius 3 is 2.55 bits per heavy atom. The van der Waals surface area contributed by atoms with Crippen molar-refractivity contribution in [1.29, 1.82) is 0 Å². The molecule has 64 valence electrons. The predicted molar refractivity (Wildman–Crippen MR) is 43.2 cm³/mol. The van der Waals surface area contributed by atoms with Crippen LogP contribution in [-0.4, -0.2) is 42.4 Å². The molecule has 0 spiro atoms. The van der Waals surface area contributed by atoms with Crippen molar-refractivity contribution >= 4 is 0 Å². The molecule has 0 bridgehead atoms. The van der Waals surface area contributed by atoms with Gasteiger partial charge in [0.25, 0.3) is 0 Å². The van der Waals surface area contributed by atoms with Gasteiger partial charge in [0.1, 0.15) is 12.2 Å². The average molecular weight is 157 g/mol. The Labute approximate surface area is 67.3 Å². The number of hydrogen-bond acceptors (Lipinski definition) is 3. The molecule has 0 aliphatic carbocycles. The number of aliphatic hydroxyl groups excluding tert-OH is 1. The second-order valence-electron chi connectivity index (χ2n) is 3.11. The van der Waals surface area contributed by atoms with E-state index >= 15 is 0 Å². The van der Waals surface area contributed by atoms with Gasteiger partial charge in [0, 0.05) is 0 Å². The van der Waals surface area contributed by atoms with Crippen molar-refractivity contribution in [2.24, 2.45) is 0 Å². The molecule has 1 aliphatic heterocycles. The normalized spacial score (nSPS) is 37.4. The first-order valence-electron chi connectivity index (χ1n) is 3.79. The van der Waals surface area contributed by atoms with Crippen molar-refractivity contribution < 1.29 is 9.84 Å². The van der Waals surface area contributed by atoms with Gasteiger partial charge in [0.2, 0.25) is 0 Å². The minimum Gasteiger partial charge on any atom is -0.496 e. The molecule has 1 aliphatic rings. The molecular weight excluding hydrogens is 142 g/mol. The molecule has 0 aromatic carbocycles. The zero-order chi connectivity index (χ0) is 8.43. The lowest BCUT2D eigenvalue weighted by molar-refractivity contribution is -0.0276. The highest BCUT2D eigenvalue weighted by atomic mass is 16.5. The van der Waals surface area contributed by atoms with Crippen LogP contribution >= 0.6 is 0 Å². The lowest BCUT2D eigenvalue weighted by Gasteiger charge is -2.32. The summed E-state index contributed by atoms with van der Waals surface area (Å²) in [7, 11) is 3.88. The fourth-order valence-corrected chi connectivity index (χ4v) is 1.20. The number of likely N-dealkylation sites (N-methyl/N-ethyl adjacent to an activating group) is 1. The fraction of sp³-hybridized carbons (Fsp3) is 0.750. The van der Waals surface area contributed by atoms with E-state index in [9.17, 15) is 5.11 Å². The third kappa shape index (κ3) is 1.73. The third-order valence-corrected chi connectivity index (χ3v) is 2.00. The molecule has 0 aromatic heterocycles. The van der Waals surface area contributed by atoms with E-state index in [1.54, 1.807) is 6.26 Å². The summed E-state index contributed by atoms with van der Waals surface area (Å²) in [5.41, 5.74) is 0. The predicted octanol–water partition coefficient (Wildman–Crippen LogP) is 0.210. The van der Waals surface area contributed by atoms with Crippen LogP contribution in [0.5, 0.6) is 0 Å². The van der Waals surface area contributed by atoms with Crippen molar-refractivity contribution in [3.8, 4) is 0 Å². The largest absolute Gasteiger partial charge is 0.496 e. The van der Waals surface area contributed by atoms with Gasteiger partial charge in [-0.3, -0.25) is 0 Å². The first-order chi connectivity index (χ1) is 5.13. The monoisotopic (exact) mass is 157 g/mol. The highest BCUT2D eigenvalue weighted by Gasteiger charge is 2.27. The molecule has 3 unspecified atom stereocenters. The lowest BCUT2D eigenvalue weighted by atomic mass is 10.0. The van der Waals surface area contributed by atoms with Crippen LogP contribution in [0.2, 0.25) is 0 Å². The zero-order valence-electron chi connectivity index (χ0n) is 7.19. The van der Waals surface area contributed by atoms with Crippen molar-refractivity contribution in [3.05, 3.63) is 12.3 Å². The van der Waals surface area contributed by atoms with Gasteiger partial charge < -0.3 is 14.7 Å². The molecule has 3 nitrogen and oxygen atoms in total. The number of ether oxygens (including phenoxy) is 1. The topological polar surface area (TPSA) is 32.7 Å². The number of hydrogen-bond donors (Lipinski definition) is 1. The Hall–Kier alpha value is -0.540. The summed E-state index contributed by atoms with van der Waals surface area (Å²) in [4.78, 5) is 1.97. The molecule has 0 radical (unpaired) electrons. The van der Waals surface area contributed by atoms with E-state index in [1.165, 1.54) is 0 Å². The molecule has 3 heteroatoms. The Morgan fingerprint density at radius 2 is 2.09 bits per heavy atom. The summed E-state index contributed by atoms with van der Waals surface area (Å²) in [6.07, 6.45) is 2.99. The van der Waals surface area contributed by atoms with Gasteiger partial charge in [-0.15, -0.1) is 0 Å². The molecule has 0 amide bonds. The Bertz CT molecular complexity index is 156. The van der Waals surface area contributed by atoms with Crippen LogP contribution in [0.4, 0.5) is 0 Å². The van der Waals surface area contributed by atoms with Crippen molar-refractivity contribution in [1.82, 2.24) is 4.90 Å². The van der Waals surface area contributed by atoms with Gasteiger partial charge in [-0.1, -0.05) is 0 Å². The maximum Gasteiger partial charge on any atom is 0.123 e. The molecule has 0 saturated carbocycles. The SMILES string of the molecule is CC1OC=CC(N(C)C)C1O. The van der Waals surface area contributed by atoms with Crippen LogP contribution in [0, 0.1) is 0 Å². The average Bonchev–Trinajstić information content (AvgIpc) is 1.94. The van der Waals surface area contributed by atoms with Gasteiger partial charge in [-0.2, -0.15) is 0 Å². The highest BCUT2D eigenvalue weighted by molar-refractivity contribution is 5.00. The van der Waals surface area contributed by atoms with E-state index in [-0.39, 0.29) is 12.1 Å². The van der Waals surface area contributed by atoms with Gasteiger partial charge in [-0.05, 0) is 27.1 Å². The molecule has 1 heterocycles. The van der Waals surface area contributed by atoms with Gasteiger partial charge in [0.15, 0.2) is 0 Å². The van der Waals surface area contributed by atoms with E-state index < -0.39 is 6.10 Å². The molecule has 3 atom stereocenters. The standard InChI is InChI=1S/C8H15NO2/c1-6-8(10)7(9(2)3)4-5-11-6/h4-8,10H,1-3H3. The van der Waals surface area contributed by atoms with Crippen LogP contribution in [0.3, 0.4) is 0 Å². The van der Waals surface area contributed by atoms with E-state index in [1.807, 2.05) is 32.0 Å². The highest BCUT2D eigenvalue weighted by Crippen LogP contribution is 2.14. The zero-order valence-corrected chi connectivity index (χ0v) is 7.19. The third-order valence-electron chi connectivity index (χ3n) is 2.00. The smallest absolute Gasteiger partial charge is 0.123 e. The first-order valence-corrected chi connectivity index (χ1v) is 3.79. The minimum atomic E-state index is -0.421. The van der Waals surface area contributed by atoms with Crippen LogP contribution < -0.4 is 0 Å². The van der Waals surface area contributed by atoms with Crippen molar-refractivity contribution in [3.63, 3.8) is 0 Å². The number of rotatable bonds is 1. The Kier molecular flexibility index (Phi) is 2.52. The van der Waals surface area contributed by atoms with Crippen LogP contribution in [0.1, 0.15) is 6.92 Å². The molecule has 11 heavy (non-hydrogen) atoms. The summed E-state index contributed by atoms with van der Waals surface area (Å²) in [5.74, 6) is 0. The summed E-state index contributed by atoms with van der Waals surface area (Å²) >= 11 is 0. The number of aliphatic hydroxyl groups is 1. The van der Waals surface area contributed by atoms with E-state index in [0.29, 0.717) is 0 Å². The lowest BCUT2D eigenvalue weighted by Crippen LogP contribution is -2.45. The van der Waals surface area contributed by atoms with E-state index in [2.05, 4.69) is 0 Å². The quantitative estimate of drug-likeness (QED) is 0.590. The second-order valence-corrected chi connectivity index (χ2v) is 3.11. The summed E-state index contributed by atoms with van der Waals surface area (Å²) in [6, 6.07) is 0.0822. The summed E-state index contributed by atoms with van der Waals surface area (Å²) in [5, 5.41) is 9.59. The van der Waals surface area contributed by atoms with Crippen molar-refractivity contribution in [2.75, 3.05) is 14.1 Å². The maximum atomic E-state index is 9.59. The van der Waals surface area contributed by atoms with E-state index in [4.69, 9.17) is 4.74 Å². The Morgan fingerprint density at radius 1 is 1.45 bits per heavy atom.